The zero-order valence-corrected chi connectivity index (χ0v) is 29.2. The van der Waals surface area contributed by atoms with Gasteiger partial charge in [0.15, 0.2) is 0 Å². The van der Waals surface area contributed by atoms with Crippen molar-refractivity contribution in [3.05, 3.63) is 198 Å². The number of ether oxygens (including phenoxy) is 1. The van der Waals surface area contributed by atoms with Crippen LogP contribution in [0, 0.1) is 0 Å². The Hall–Kier alpha value is -6.62. The van der Waals surface area contributed by atoms with Crippen molar-refractivity contribution < 1.29 is 9.15 Å². The topological polar surface area (TPSA) is 25.6 Å². The van der Waals surface area contributed by atoms with Crippen LogP contribution in [0.1, 0.15) is 22.3 Å². The average molecular weight is 696 g/mol. The number of furan rings is 1. The van der Waals surface area contributed by atoms with Crippen LogP contribution in [0.25, 0.3) is 53.2 Å². The van der Waals surface area contributed by atoms with Crippen LogP contribution in [0.5, 0.6) is 11.5 Å². The van der Waals surface area contributed by atoms with Crippen molar-refractivity contribution in [3.63, 3.8) is 0 Å². The molecule has 0 radical (unpaired) electrons. The summed E-state index contributed by atoms with van der Waals surface area (Å²) in [6.45, 7) is 0. The zero-order valence-electron chi connectivity index (χ0n) is 28.4. The van der Waals surface area contributed by atoms with Crippen LogP contribution < -0.4 is 9.64 Å². The molecule has 1 aliphatic carbocycles. The molecule has 53 heavy (non-hydrogen) atoms. The molecule has 3 nitrogen and oxygen atoms in total. The van der Waals surface area contributed by atoms with Crippen LogP contribution in [0.15, 0.2) is 180 Å². The molecular weight excluding hydrogens is 667 g/mol. The number of hydrogen-bond donors (Lipinski definition) is 0. The number of anilines is 3. The maximum absolute atomic E-state index is 6.83. The standard InChI is InChI=1S/C49H29NO2S/c1-2-13-30(14-3-1)50(31-25-26-34-33-16-5-11-24-46(33)53-47(34)27-31)41-20-12-23-44-48(41)36-28-40-35(29-45(36)52-44)32-15-4-6-17-37(32)49(40)38-18-7-9-21-42(38)51-43-22-10-8-19-39(43)49/h1-29H. The van der Waals surface area contributed by atoms with E-state index in [1.54, 1.807) is 0 Å². The number of fused-ring (bicyclic) bond motifs is 15. The van der Waals surface area contributed by atoms with E-state index in [-0.39, 0.29) is 0 Å². The highest BCUT2D eigenvalue weighted by atomic mass is 32.1. The summed E-state index contributed by atoms with van der Waals surface area (Å²) in [7, 11) is 0. The molecule has 0 saturated heterocycles. The number of para-hydroxylation sites is 3. The Morgan fingerprint density at radius 2 is 1.13 bits per heavy atom. The summed E-state index contributed by atoms with van der Waals surface area (Å²) < 4.78 is 16.0. The summed E-state index contributed by atoms with van der Waals surface area (Å²) in [5.41, 5.74) is 11.7. The van der Waals surface area contributed by atoms with Gasteiger partial charge in [-0.2, -0.15) is 0 Å². The molecule has 8 aromatic carbocycles. The van der Waals surface area contributed by atoms with E-state index in [0.29, 0.717) is 0 Å². The Balaban J connectivity index is 1.16. The molecule has 0 atom stereocenters. The Labute approximate surface area is 309 Å². The lowest BCUT2D eigenvalue weighted by Crippen LogP contribution is -2.32. The highest BCUT2D eigenvalue weighted by Gasteiger charge is 2.51. The Morgan fingerprint density at radius 1 is 0.434 bits per heavy atom. The van der Waals surface area contributed by atoms with E-state index in [9.17, 15) is 0 Å². The van der Waals surface area contributed by atoms with E-state index >= 15 is 0 Å². The second-order valence-electron chi connectivity index (χ2n) is 14.0. The van der Waals surface area contributed by atoms with Crippen molar-refractivity contribution >= 4 is 70.5 Å². The van der Waals surface area contributed by atoms with Crippen LogP contribution in [0.4, 0.5) is 17.1 Å². The Kier molecular flexibility index (Phi) is 5.86. The lowest BCUT2D eigenvalue weighted by molar-refractivity contribution is 0.436. The minimum Gasteiger partial charge on any atom is -0.457 e. The second kappa shape index (κ2) is 10.7. The third-order valence-corrected chi connectivity index (χ3v) is 12.4. The normalized spacial score (nSPS) is 13.6. The fourth-order valence-electron chi connectivity index (χ4n) is 9.20. The fraction of sp³-hybridized carbons (Fsp3) is 0.0204. The molecule has 1 aliphatic heterocycles. The minimum atomic E-state index is -0.560. The smallest absolute Gasteiger partial charge is 0.137 e. The van der Waals surface area contributed by atoms with Crippen LogP contribution >= 0.6 is 11.3 Å². The third-order valence-electron chi connectivity index (χ3n) is 11.3. The van der Waals surface area contributed by atoms with E-state index in [0.717, 1.165) is 61.6 Å². The van der Waals surface area contributed by atoms with Gasteiger partial charge in [-0.15, -0.1) is 11.3 Å². The molecule has 1 spiro atoms. The first kappa shape index (κ1) is 29.0. The molecule has 248 valence electrons. The molecule has 0 fully saturated rings. The van der Waals surface area contributed by atoms with Crippen molar-refractivity contribution in [3.8, 4) is 22.6 Å². The van der Waals surface area contributed by atoms with E-state index < -0.39 is 5.41 Å². The molecule has 10 aromatic rings. The largest absolute Gasteiger partial charge is 0.457 e. The summed E-state index contributed by atoms with van der Waals surface area (Å²) in [5, 5.41) is 4.76. The molecule has 0 amide bonds. The maximum Gasteiger partial charge on any atom is 0.137 e. The number of hydrogen-bond acceptors (Lipinski definition) is 4. The number of thiophene rings is 1. The molecule has 2 aromatic heterocycles. The van der Waals surface area contributed by atoms with Gasteiger partial charge in [0.1, 0.15) is 22.7 Å². The molecule has 0 bridgehead atoms. The molecule has 0 unspecified atom stereocenters. The SMILES string of the molecule is c1ccc(N(c2ccc3c(c2)sc2ccccc23)c2cccc3oc4cc5c(cc4c23)C2(c3ccccc3Oc3ccccc32)c2ccccc2-5)cc1. The fourth-order valence-corrected chi connectivity index (χ4v) is 10.3. The summed E-state index contributed by atoms with van der Waals surface area (Å²) in [6, 6.07) is 63.3. The second-order valence-corrected chi connectivity index (χ2v) is 15.1. The molecule has 0 N–H and O–H groups in total. The lowest BCUT2D eigenvalue weighted by atomic mass is 9.66. The first-order chi connectivity index (χ1) is 26.3. The van der Waals surface area contributed by atoms with Gasteiger partial charge in [-0.25, -0.2) is 0 Å². The third kappa shape index (κ3) is 3.88. The van der Waals surface area contributed by atoms with E-state index in [2.05, 4.69) is 181 Å². The first-order valence-corrected chi connectivity index (χ1v) is 18.8. The quantitative estimate of drug-likeness (QED) is 0.184. The van der Waals surface area contributed by atoms with Gasteiger partial charge < -0.3 is 14.1 Å². The van der Waals surface area contributed by atoms with Gasteiger partial charge in [0.25, 0.3) is 0 Å². The number of benzene rings is 8. The summed E-state index contributed by atoms with van der Waals surface area (Å²) in [5.74, 6) is 1.78. The molecule has 12 rings (SSSR count). The van der Waals surface area contributed by atoms with Gasteiger partial charge in [0.2, 0.25) is 0 Å². The van der Waals surface area contributed by atoms with Crippen molar-refractivity contribution in [2.45, 2.75) is 5.41 Å². The van der Waals surface area contributed by atoms with Gasteiger partial charge in [-0.3, -0.25) is 0 Å². The monoisotopic (exact) mass is 695 g/mol. The lowest BCUT2D eigenvalue weighted by Gasteiger charge is -2.39. The molecule has 4 heteroatoms. The minimum absolute atomic E-state index is 0.560. The van der Waals surface area contributed by atoms with Gasteiger partial charge in [0.05, 0.1) is 16.5 Å². The van der Waals surface area contributed by atoms with Gasteiger partial charge >= 0.3 is 0 Å². The summed E-state index contributed by atoms with van der Waals surface area (Å²) in [4.78, 5) is 2.39. The van der Waals surface area contributed by atoms with Crippen LogP contribution in [-0.2, 0) is 5.41 Å². The van der Waals surface area contributed by atoms with Crippen molar-refractivity contribution in [1.29, 1.82) is 0 Å². The van der Waals surface area contributed by atoms with Crippen LogP contribution in [-0.4, -0.2) is 0 Å². The van der Waals surface area contributed by atoms with Gasteiger partial charge in [0, 0.05) is 48.1 Å². The van der Waals surface area contributed by atoms with Crippen molar-refractivity contribution in [1.82, 2.24) is 0 Å². The van der Waals surface area contributed by atoms with E-state index in [1.165, 1.54) is 42.4 Å². The van der Waals surface area contributed by atoms with Crippen LogP contribution in [0.3, 0.4) is 0 Å². The maximum atomic E-state index is 6.83. The predicted octanol–water partition coefficient (Wildman–Crippen LogP) is 13.9. The summed E-state index contributed by atoms with van der Waals surface area (Å²) in [6.07, 6.45) is 0. The molecule has 2 aliphatic rings. The van der Waals surface area contributed by atoms with Crippen molar-refractivity contribution in [2.75, 3.05) is 4.90 Å². The highest BCUT2D eigenvalue weighted by Crippen LogP contribution is 2.63. The Morgan fingerprint density at radius 3 is 1.96 bits per heavy atom. The van der Waals surface area contributed by atoms with E-state index in [4.69, 9.17) is 9.15 Å². The molecular formula is C49H29NO2S. The highest BCUT2D eigenvalue weighted by molar-refractivity contribution is 7.25. The Bertz CT molecular complexity index is 3070. The summed E-state index contributed by atoms with van der Waals surface area (Å²) >= 11 is 1.84. The van der Waals surface area contributed by atoms with Crippen LogP contribution in [0.2, 0.25) is 0 Å². The van der Waals surface area contributed by atoms with Gasteiger partial charge in [-0.1, -0.05) is 109 Å². The number of rotatable bonds is 3. The van der Waals surface area contributed by atoms with Crippen molar-refractivity contribution in [2.24, 2.45) is 0 Å². The molecule has 0 saturated carbocycles. The number of nitrogens with zero attached hydrogens (tertiary/aromatic N) is 1. The van der Waals surface area contributed by atoms with E-state index in [1.807, 2.05) is 11.3 Å². The predicted molar refractivity (Wildman–Crippen MR) is 219 cm³/mol. The average Bonchev–Trinajstić information content (AvgIpc) is 3.86. The molecule has 3 heterocycles. The first-order valence-electron chi connectivity index (χ1n) is 18.0. The zero-order chi connectivity index (χ0) is 34.7. The van der Waals surface area contributed by atoms with Gasteiger partial charge in [-0.05, 0) is 89.0 Å².